The summed E-state index contributed by atoms with van der Waals surface area (Å²) < 4.78 is 5.91. The van der Waals surface area contributed by atoms with Crippen LogP contribution in [0, 0.1) is 5.41 Å². The van der Waals surface area contributed by atoms with Gasteiger partial charge in [0.05, 0.1) is 6.10 Å². The molecule has 1 aliphatic heterocycles. The highest BCUT2D eigenvalue weighted by Gasteiger charge is 2.38. The number of hydrogen-bond donors (Lipinski definition) is 0. The molecule has 2 aliphatic rings. The fourth-order valence-electron chi connectivity index (χ4n) is 2.92. The van der Waals surface area contributed by atoms with Gasteiger partial charge in [0.15, 0.2) is 0 Å². The minimum absolute atomic E-state index is 0.0951. The second-order valence-corrected chi connectivity index (χ2v) is 4.99. The van der Waals surface area contributed by atoms with Gasteiger partial charge >= 0.3 is 0 Å². The van der Waals surface area contributed by atoms with Gasteiger partial charge in [-0.05, 0) is 24.8 Å². The molecule has 1 aliphatic carbocycles. The van der Waals surface area contributed by atoms with Gasteiger partial charge in [-0.25, -0.2) is 0 Å². The fraction of sp³-hybridized carbons (Fsp3) is 0.375. The highest BCUT2D eigenvalue weighted by molar-refractivity contribution is 5.31. The van der Waals surface area contributed by atoms with Crippen LogP contribution in [0.25, 0.3) is 0 Å². The molecule has 1 unspecified atom stereocenters. The summed E-state index contributed by atoms with van der Waals surface area (Å²) >= 11 is 0. The van der Waals surface area contributed by atoms with Gasteiger partial charge in [0, 0.05) is 12.0 Å². The number of rotatable bonds is 3. The maximum absolute atomic E-state index is 5.91. The quantitative estimate of drug-likeness (QED) is 0.766. The molecule has 0 radical (unpaired) electrons. The highest BCUT2D eigenvalue weighted by atomic mass is 16.5. The van der Waals surface area contributed by atoms with Crippen LogP contribution in [0.4, 0.5) is 0 Å². The Morgan fingerprint density at radius 2 is 1.88 bits per heavy atom. The van der Waals surface area contributed by atoms with E-state index in [-0.39, 0.29) is 5.41 Å². The first-order valence-corrected chi connectivity index (χ1v) is 6.42. The Hall–Kier alpha value is -1.34. The van der Waals surface area contributed by atoms with E-state index >= 15 is 0 Å². The van der Waals surface area contributed by atoms with E-state index in [4.69, 9.17) is 4.74 Å². The van der Waals surface area contributed by atoms with Gasteiger partial charge in [-0.15, -0.1) is 0 Å². The third-order valence-corrected chi connectivity index (χ3v) is 3.81. The van der Waals surface area contributed by atoms with Gasteiger partial charge in [-0.2, -0.15) is 0 Å². The van der Waals surface area contributed by atoms with E-state index in [1.54, 1.807) is 0 Å². The number of benzene rings is 1. The van der Waals surface area contributed by atoms with E-state index in [1.807, 2.05) is 0 Å². The zero-order chi connectivity index (χ0) is 11.6. The molecule has 17 heavy (non-hydrogen) atoms. The van der Waals surface area contributed by atoms with E-state index in [2.05, 4.69) is 54.6 Å². The van der Waals surface area contributed by atoms with Crippen LogP contribution >= 0.6 is 0 Å². The first kappa shape index (κ1) is 10.8. The third-order valence-electron chi connectivity index (χ3n) is 3.81. The average molecular weight is 226 g/mol. The largest absolute Gasteiger partial charge is 0.377 e. The van der Waals surface area contributed by atoms with Crippen LogP contribution in [0.15, 0.2) is 54.6 Å². The summed E-state index contributed by atoms with van der Waals surface area (Å²) in [5, 5.41) is 0. The van der Waals surface area contributed by atoms with Crippen molar-refractivity contribution in [2.45, 2.75) is 25.4 Å². The van der Waals surface area contributed by atoms with Crippen LogP contribution in [0.3, 0.4) is 0 Å². The molecule has 1 heteroatoms. The molecule has 1 heterocycles. The lowest BCUT2D eigenvalue weighted by Gasteiger charge is -2.31. The molecular weight excluding hydrogens is 208 g/mol. The van der Waals surface area contributed by atoms with E-state index in [0.717, 1.165) is 13.0 Å². The van der Waals surface area contributed by atoms with Crippen LogP contribution in [-0.2, 0) is 11.2 Å². The van der Waals surface area contributed by atoms with Crippen LogP contribution < -0.4 is 0 Å². The zero-order valence-electron chi connectivity index (χ0n) is 10.0. The molecule has 1 nitrogen and oxygen atoms in total. The summed E-state index contributed by atoms with van der Waals surface area (Å²) in [6.07, 6.45) is 12.7. The third kappa shape index (κ3) is 2.07. The number of hydrogen-bond acceptors (Lipinski definition) is 1. The molecule has 1 saturated heterocycles. The summed E-state index contributed by atoms with van der Waals surface area (Å²) in [4.78, 5) is 0. The van der Waals surface area contributed by atoms with Crippen molar-refractivity contribution in [3.8, 4) is 0 Å². The van der Waals surface area contributed by atoms with Crippen LogP contribution in [-0.4, -0.2) is 12.7 Å². The van der Waals surface area contributed by atoms with Crippen molar-refractivity contribution in [1.82, 2.24) is 0 Å². The fourth-order valence-corrected chi connectivity index (χ4v) is 2.92. The zero-order valence-corrected chi connectivity index (χ0v) is 10.0. The van der Waals surface area contributed by atoms with Crippen LogP contribution in [0.2, 0.25) is 0 Å². The van der Waals surface area contributed by atoms with Gasteiger partial charge in [-0.3, -0.25) is 0 Å². The van der Waals surface area contributed by atoms with Gasteiger partial charge in [-0.1, -0.05) is 54.6 Å². The molecule has 1 aromatic carbocycles. The van der Waals surface area contributed by atoms with Crippen molar-refractivity contribution in [3.05, 3.63) is 60.2 Å². The normalized spacial score (nSPS) is 25.5. The lowest BCUT2D eigenvalue weighted by atomic mass is 9.77. The molecule has 0 amide bonds. The first-order chi connectivity index (χ1) is 8.39. The molecular formula is C16H18O. The lowest BCUT2D eigenvalue weighted by molar-refractivity contribution is 0.0492. The molecule has 88 valence electrons. The van der Waals surface area contributed by atoms with Crippen molar-refractivity contribution in [2.24, 2.45) is 5.41 Å². The Balaban J connectivity index is 1.85. The molecule has 1 fully saturated rings. The molecule has 0 N–H and O–H groups in total. The van der Waals surface area contributed by atoms with Crippen molar-refractivity contribution >= 4 is 0 Å². The average Bonchev–Trinajstić information content (AvgIpc) is 3.01. The standard InChI is InChI=1S/C16H18O/c1-2-7-14(8-3-1)13-16(10-4-5-11-16)15-9-6-12-17-15/h1-5,7-8,10-11,15H,6,9,12-13H2. The second-order valence-electron chi connectivity index (χ2n) is 4.99. The Kier molecular flexibility index (Phi) is 2.86. The predicted molar refractivity (Wildman–Crippen MR) is 69.8 cm³/mol. The highest BCUT2D eigenvalue weighted by Crippen LogP contribution is 2.40. The summed E-state index contributed by atoms with van der Waals surface area (Å²) in [6.45, 7) is 0.920. The molecule has 0 aromatic heterocycles. The molecule has 0 spiro atoms. The molecule has 1 atom stereocenters. The van der Waals surface area contributed by atoms with Crippen LogP contribution in [0.1, 0.15) is 18.4 Å². The Bertz CT molecular complexity index is 412. The summed E-state index contributed by atoms with van der Waals surface area (Å²) in [7, 11) is 0. The molecule has 0 saturated carbocycles. The Labute approximate surface area is 103 Å². The van der Waals surface area contributed by atoms with Crippen LogP contribution in [0.5, 0.6) is 0 Å². The second kappa shape index (κ2) is 4.50. The number of allylic oxidation sites excluding steroid dienone is 2. The first-order valence-electron chi connectivity index (χ1n) is 6.42. The Morgan fingerprint density at radius 1 is 1.12 bits per heavy atom. The van der Waals surface area contributed by atoms with Gasteiger partial charge in [0.2, 0.25) is 0 Å². The molecule has 0 bridgehead atoms. The van der Waals surface area contributed by atoms with Gasteiger partial charge in [0.1, 0.15) is 0 Å². The van der Waals surface area contributed by atoms with Gasteiger partial charge < -0.3 is 4.74 Å². The summed E-state index contributed by atoms with van der Waals surface area (Å²) in [5.74, 6) is 0. The molecule has 1 aromatic rings. The van der Waals surface area contributed by atoms with E-state index in [0.29, 0.717) is 6.10 Å². The molecule has 3 rings (SSSR count). The number of ether oxygens (including phenoxy) is 1. The van der Waals surface area contributed by atoms with Crippen molar-refractivity contribution in [1.29, 1.82) is 0 Å². The van der Waals surface area contributed by atoms with Crippen molar-refractivity contribution in [3.63, 3.8) is 0 Å². The monoisotopic (exact) mass is 226 g/mol. The van der Waals surface area contributed by atoms with Gasteiger partial charge in [0.25, 0.3) is 0 Å². The minimum Gasteiger partial charge on any atom is -0.377 e. The maximum Gasteiger partial charge on any atom is 0.0704 e. The van der Waals surface area contributed by atoms with Crippen molar-refractivity contribution in [2.75, 3.05) is 6.61 Å². The Morgan fingerprint density at radius 3 is 2.53 bits per heavy atom. The topological polar surface area (TPSA) is 9.23 Å². The predicted octanol–water partition coefficient (Wildman–Crippen LogP) is 3.52. The minimum atomic E-state index is 0.0951. The van der Waals surface area contributed by atoms with E-state index in [1.165, 1.54) is 18.4 Å². The van der Waals surface area contributed by atoms with E-state index < -0.39 is 0 Å². The SMILES string of the molecule is C1=CC(Cc2ccccc2)(C2CCCO2)C=C1. The van der Waals surface area contributed by atoms with Crippen molar-refractivity contribution < 1.29 is 4.74 Å². The van der Waals surface area contributed by atoms with E-state index in [9.17, 15) is 0 Å². The smallest absolute Gasteiger partial charge is 0.0704 e. The lowest BCUT2D eigenvalue weighted by Crippen LogP contribution is -2.32. The summed E-state index contributed by atoms with van der Waals surface area (Å²) in [6, 6.07) is 10.7. The summed E-state index contributed by atoms with van der Waals surface area (Å²) in [5.41, 5.74) is 1.48. The maximum atomic E-state index is 5.91.